The van der Waals surface area contributed by atoms with E-state index in [2.05, 4.69) is 22.3 Å². The monoisotopic (exact) mass is 363 g/mol. The van der Waals surface area contributed by atoms with Gasteiger partial charge in [-0.2, -0.15) is 5.10 Å². The lowest BCUT2D eigenvalue weighted by Crippen LogP contribution is -2.36. The van der Waals surface area contributed by atoms with E-state index in [9.17, 15) is 4.79 Å². The zero-order valence-corrected chi connectivity index (χ0v) is 15.2. The lowest BCUT2D eigenvalue weighted by molar-refractivity contribution is -0.123. The van der Waals surface area contributed by atoms with Crippen LogP contribution in [0.25, 0.3) is 0 Å². The van der Waals surface area contributed by atoms with E-state index in [0.29, 0.717) is 12.3 Å². The largest absolute Gasteiger partial charge is 0.346 e. The lowest BCUT2D eigenvalue weighted by atomic mass is 9.99. The zero-order chi connectivity index (χ0) is 14.8. The molecular weight excluding hydrogens is 337 g/mol. The predicted molar refractivity (Wildman–Crippen MR) is 93.9 cm³/mol. The fourth-order valence-corrected chi connectivity index (χ4v) is 3.50. The number of nitrogens with one attached hydrogen (secondary N) is 1. The molecule has 1 aromatic rings. The minimum absolute atomic E-state index is 0. The van der Waals surface area contributed by atoms with Crippen LogP contribution in [0.15, 0.2) is 0 Å². The van der Waals surface area contributed by atoms with Gasteiger partial charge in [0.2, 0.25) is 5.91 Å². The second-order valence-electron chi connectivity index (χ2n) is 6.28. The number of carbonyl (C=O) groups is 1. The van der Waals surface area contributed by atoms with Crippen LogP contribution in [0, 0.1) is 5.92 Å². The molecule has 1 aromatic heterocycles. The van der Waals surface area contributed by atoms with Gasteiger partial charge in [-0.25, -0.2) is 9.67 Å². The smallest absolute Gasteiger partial charge is 0.220 e. The minimum Gasteiger partial charge on any atom is -0.346 e. The predicted octanol–water partition coefficient (Wildman–Crippen LogP) is 2.15. The number of rotatable bonds is 4. The fourth-order valence-electron chi connectivity index (χ4n) is 3.50. The Morgan fingerprint density at radius 1 is 1.30 bits per heavy atom. The number of hydrogen-bond acceptors (Lipinski definition) is 4. The van der Waals surface area contributed by atoms with Crippen molar-refractivity contribution in [2.75, 3.05) is 0 Å². The van der Waals surface area contributed by atoms with Gasteiger partial charge in [-0.15, -0.1) is 24.8 Å². The fraction of sp³-hybridized carbons (Fsp3) is 0.800. The second kappa shape index (κ2) is 8.85. The first-order chi connectivity index (χ1) is 10.2. The van der Waals surface area contributed by atoms with Gasteiger partial charge >= 0.3 is 0 Å². The number of hydrogen-bond donors (Lipinski definition) is 2. The Kier molecular flexibility index (Phi) is 7.77. The first-order valence-corrected chi connectivity index (χ1v) is 8.16. The standard InChI is InChI=1S/C15H25N5O.2ClH/c1-2-13-18-15-12(7-4-8-20(15)19-13)17-14(21)9-10-5-3-6-11(10)16;;/h10-12H,2-9,16H2,1H3,(H,17,21);2*1H/t10-,11+,12?;;/m0../s1. The number of nitrogens with two attached hydrogens (primary N) is 1. The quantitative estimate of drug-likeness (QED) is 0.857. The third-order valence-electron chi connectivity index (χ3n) is 4.74. The van der Waals surface area contributed by atoms with Crippen LogP contribution in [0.2, 0.25) is 0 Å². The van der Waals surface area contributed by atoms with Crippen molar-refractivity contribution in [2.24, 2.45) is 11.7 Å². The summed E-state index contributed by atoms with van der Waals surface area (Å²) >= 11 is 0. The summed E-state index contributed by atoms with van der Waals surface area (Å²) in [7, 11) is 0. The Hall–Kier alpha value is -0.850. The van der Waals surface area contributed by atoms with Crippen LogP contribution in [0.1, 0.15) is 63.1 Å². The van der Waals surface area contributed by atoms with Crippen molar-refractivity contribution < 1.29 is 4.79 Å². The molecule has 1 saturated carbocycles. The van der Waals surface area contributed by atoms with Crippen LogP contribution in [-0.2, 0) is 17.8 Å². The van der Waals surface area contributed by atoms with E-state index in [4.69, 9.17) is 5.73 Å². The van der Waals surface area contributed by atoms with Gasteiger partial charge in [0.25, 0.3) is 0 Å². The normalized spacial score (nSPS) is 25.9. The van der Waals surface area contributed by atoms with Gasteiger partial charge in [-0.1, -0.05) is 13.3 Å². The van der Waals surface area contributed by atoms with Crippen molar-refractivity contribution in [2.45, 2.75) is 70.5 Å². The van der Waals surface area contributed by atoms with Gasteiger partial charge in [-0.3, -0.25) is 4.79 Å². The van der Waals surface area contributed by atoms with E-state index in [1.807, 2.05) is 4.68 Å². The number of nitrogens with zero attached hydrogens (tertiary/aromatic N) is 3. The molecule has 6 nitrogen and oxygen atoms in total. The van der Waals surface area contributed by atoms with Gasteiger partial charge in [-0.05, 0) is 31.6 Å². The van der Waals surface area contributed by atoms with E-state index in [1.54, 1.807) is 0 Å². The van der Waals surface area contributed by atoms with Crippen molar-refractivity contribution >= 4 is 30.7 Å². The molecule has 3 rings (SSSR count). The molecule has 0 bridgehead atoms. The lowest BCUT2D eigenvalue weighted by Gasteiger charge is -2.24. The van der Waals surface area contributed by atoms with E-state index in [-0.39, 0.29) is 42.8 Å². The second-order valence-corrected chi connectivity index (χ2v) is 6.28. The van der Waals surface area contributed by atoms with Crippen LogP contribution >= 0.6 is 24.8 Å². The van der Waals surface area contributed by atoms with Gasteiger partial charge in [0.15, 0.2) is 5.82 Å². The molecule has 1 aliphatic heterocycles. The summed E-state index contributed by atoms with van der Waals surface area (Å²) < 4.78 is 1.95. The van der Waals surface area contributed by atoms with Crippen molar-refractivity contribution in [3.63, 3.8) is 0 Å². The molecule has 2 heterocycles. The van der Waals surface area contributed by atoms with E-state index < -0.39 is 0 Å². The van der Waals surface area contributed by atoms with Crippen LogP contribution in [0.4, 0.5) is 0 Å². The topological polar surface area (TPSA) is 85.8 Å². The number of aromatic nitrogens is 3. The molecule has 2 aliphatic rings. The number of carbonyl (C=O) groups excluding carboxylic acids is 1. The molecule has 1 aliphatic carbocycles. The van der Waals surface area contributed by atoms with Crippen LogP contribution < -0.4 is 11.1 Å². The maximum absolute atomic E-state index is 12.3. The molecule has 3 atom stereocenters. The highest BCUT2D eigenvalue weighted by Gasteiger charge is 2.29. The molecule has 0 radical (unpaired) electrons. The number of halogens is 2. The average molecular weight is 364 g/mol. The Balaban J connectivity index is 0.00000132. The van der Waals surface area contributed by atoms with E-state index in [0.717, 1.165) is 56.7 Å². The first-order valence-electron chi connectivity index (χ1n) is 8.16. The Morgan fingerprint density at radius 2 is 2.09 bits per heavy atom. The number of aryl methyl sites for hydroxylation is 2. The molecule has 0 saturated heterocycles. The number of fused-ring (bicyclic) bond motifs is 1. The Bertz CT molecular complexity index is 522. The van der Waals surface area contributed by atoms with Gasteiger partial charge in [0.1, 0.15) is 5.82 Å². The first kappa shape index (κ1) is 20.2. The summed E-state index contributed by atoms with van der Waals surface area (Å²) in [5.41, 5.74) is 6.05. The highest BCUT2D eigenvalue weighted by molar-refractivity contribution is 5.85. The van der Waals surface area contributed by atoms with Crippen molar-refractivity contribution in [1.82, 2.24) is 20.1 Å². The van der Waals surface area contributed by atoms with Crippen LogP contribution in [0.3, 0.4) is 0 Å². The Labute approximate surface area is 149 Å². The molecule has 8 heteroatoms. The maximum atomic E-state index is 12.3. The van der Waals surface area contributed by atoms with Crippen LogP contribution in [0.5, 0.6) is 0 Å². The molecule has 132 valence electrons. The third kappa shape index (κ3) is 4.58. The molecule has 1 unspecified atom stereocenters. The molecule has 0 spiro atoms. The molecule has 3 N–H and O–H groups in total. The summed E-state index contributed by atoms with van der Waals surface area (Å²) in [6.45, 7) is 2.96. The van der Waals surface area contributed by atoms with Gasteiger partial charge < -0.3 is 11.1 Å². The van der Waals surface area contributed by atoms with E-state index in [1.165, 1.54) is 0 Å². The van der Waals surface area contributed by atoms with Crippen molar-refractivity contribution in [1.29, 1.82) is 0 Å². The third-order valence-corrected chi connectivity index (χ3v) is 4.74. The summed E-state index contributed by atoms with van der Waals surface area (Å²) in [5, 5.41) is 7.62. The van der Waals surface area contributed by atoms with Gasteiger partial charge in [0, 0.05) is 25.4 Å². The molecular formula is C15H27Cl2N5O. The Morgan fingerprint density at radius 3 is 2.74 bits per heavy atom. The highest BCUT2D eigenvalue weighted by atomic mass is 35.5. The highest BCUT2D eigenvalue weighted by Crippen LogP contribution is 2.28. The summed E-state index contributed by atoms with van der Waals surface area (Å²) in [6.07, 6.45) is 6.64. The summed E-state index contributed by atoms with van der Waals surface area (Å²) in [5.74, 6) is 2.24. The average Bonchev–Trinajstić information content (AvgIpc) is 3.06. The SMILES string of the molecule is CCc1nc2n(n1)CCCC2NC(=O)C[C@@H]1CCC[C@H]1N.Cl.Cl. The van der Waals surface area contributed by atoms with E-state index >= 15 is 0 Å². The molecule has 1 amide bonds. The zero-order valence-electron chi connectivity index (χ0n) is 13.5. The van der Waals surface area contributed by atoms with Gasteiger partial charge in [0.05, 0.1) is 6.04 Å². The van der Waals surface area contributed by atoms with Crippen molar-refractivity contribution in [3.8, 4) is 0 Å². The summed E-state index contributed by atoms with van der Waals surface area (Å²) in [4.78, 5) is 16.8. The number of amides is 1. The maximum Gasteiger partial charge on any atom is 0.220 e. The summed E-state index contributed by atoms with van der Waals surface area (Å²) in [6, 6.07) is 0.203. The molecule has 23 heavy (non-hydrogen) atoms. The minimum atomic E-state index is 0. The van der Waals surface area contributed by atoms with Crippen molar-refractivity contribution in [3.05, 3.63) is 11.6 Å². The van der Waals surface area contributed by atoms with Crippen LogP contribution in [-0.4, -0.2) is 26.7 Å². The molecule has 0 aromatic carbocycles. The molecule has 1 fully saturated rings.